The number of H-pyrrole nitrogens is 1. The Bertz CT molecular complexity index is 1410. The predicted molar refractivity (Wildman–Crippen MR) is 132 cm³/mol. The Labute approximate surface area is 216 Å². The second-order valence-electron chi connectivity index (χ2n) is 9.09. The molecule has 0 aliphatic carbocycles. The molecule has 0 bridgehead atoms. The standard InChI is InChI=1S/C28H24F4N4O2/c29-23-16-21(9-12-33-23)25-24(20-7-4-8-22(15-20)28(30,31)32)34-26(35-25)19-10-13-36(14-11-19)27(37)38-17-18-5-2-1-3-6-18/h1-9,12,15-16,19H,10-11,13-14,17H2,(H,34,35). The number of hydrogen-bond donors (Lipinski definition) is 1. The number of carbonyl (C=O) groups is 1. The van der Waals surface area contributed by atoms with Gasteiger partial charge in [0.2, 0.25) is 5.95 Å². The molecule has 1 saturated heterocycles. The van der Waals surface area contributed by atoms with E-state index in [0.29, 0.717) is 48.7 Å². The number of carbonyl (C=O) groups excluding carboxylic acids is 1. The van der Waals surface area contributed by atoms with Gasteiger partial charge in [-0.05, 0) is 36.6 Å². The first-order valence-electron chi connectivity index (χ1n) is 12.1. The van der Waals surface area contributed by atoms with Gasteiger partial charge < -0.3 is 14.6 Å². The number of nitrogens with zero attached hydrogens (tertiary/aromatic N) is 3. The summed E-state index contributed by atoms with van der Waals surface area (Å²) in [6, 6.07) is 17.1. The fourth-order valence-corrected chi connectivity index (χ4v) is 4.55. The second-order valence-corrected chi connectivity index (χ2v) is 9.09. The SMILES string of the molecule is O=C(OCc1ccccc1)N1CCC(c2nc(-c3cccc(C(F)(F)F)c3)c(-c3ccnc(F)c3)[nH]2)CC1. The van der Waals surface area contributed by atoms with Crippen LogP contribution in [0.25, 0.3) is 22.5 Å². The Hall–Kier alpha value is -4.21. The van der Waals surface area contributed by atoms with Gasteiger partial charge >= 0.3 is 12.3 Å². The molecule has 1 amide bonds. The topological polar surface area (TPSA) is 71.1 Å². The van der Waals surface area contributed by atoms with Crippen molar-refractivity contribution in [2.75, 3.05) is 13.1 Å². The lowest BCUT2D eigenvalue weighted by atomic mass is 9.96. The highest BCUT2D eigenvalue weighted by molar-refractivity contribution is 5.78. The van der Waals surface area contributed by atoms with Crippen molar-refractivity contribution in [1.82, 2.24) is 19.9 Å². The maximum Gasteiger partial charge on any atom is 0.416 e. The predicted octanol–water partition coefficient (Wildman–Crippen LogP) is 6.81. The summed E-state index contributed by atoms with van der Waals surface area (Å²) in [4.78, 5) is 25.6. The number of hydrogen-bond acceptors (Lipinski definition) is 4. The molecule has 38 heavy (non-hydrogen) atoms. The third-order valence-electron chi connectivity index (χ3n) is 6.55. The van der Waals surface area contributed by atoms with Gasteiger partial charge in [0.1, 0.15) is 12.4 Å². The van der Waals surface area contributed by atoms with E-state index >= 15 is 0 Å². The number of alkyl halides is 3. The molecule has 10 heteroatoms. The highest BCUT2D eigenvalue weighted by Crippen LogP contribution is 2.37. The summed E-state index contributed by atoms with van der Waals surface area (Å²) in [5, 5.41) is 0. The van der Waals surface area contributed by atoms with Crippen LogP contribution in [0.1, 0.15) is 35.7 Å². The number of nitrogens with one attached hydrogen (secondary N) is 1. The molecule has 2 aromatic heterocycles. The molecule has 1 aliphatic heterocycles. The van der Waals surface area contributed by atoms with Crippen molar-refractivity contribution in [3.63, 3.8) is 0 Å². The summed E-state index contributed by atoms with van der Waals surface area (Å²) in [7, 11) is 0. The van der Waals surface area contributed by atoms with Crippen LogP contribution in [0.15, 0.2) is 72.9 Å². The monoisotopic (exact) mass is 524 g/mol. The van der Waals surface area contributed by atoms with Gasteiger partial charge in [0.15, 0.2) is 0 Å². The first-order valence-corrected chi connectivity index (χ1v) is 12.1. The number of amides is 1. The Balaban J connectivity index is 1.36. The minimum Gasteiger partial charge on any atom is -0.445 e. The van der Waals surface area contributed by atoms with E-state index in [1.54, 1.807) is 17.0 Å². The quantitative estimate of drug-likeness (QED) is 0.230. The summed E-state index contributed by atoms with van der Waals surface area (Å²) < 4.78 is 59.5. The zero-order valence-electron chi connectivity index (χ0n) is 20.2. The van der Waals surface area contributed by atoms with Crippen molar-refractivity contribution in [2.24, 2.45) is 0 Å². The molecule has 3 heterocycles. The largest absolute Gasteiger partial charge is 0.445 e. The Morgan fingerprint density at radius 1 is 1.00 bits per heavy atom. The molecule has 0 radical (unpaired) electrons. The van der Waals surface area contributed by atoms with Crippen molar-refractivity contribution in [1.29, 1.82) is 0 Å². The molecule has 0 atom stereocenters. The maximum absolute atomic E-state index is 13.9. The fourth-order valence-electron chi connectivity index (χ4n) is 4.55. The van der Waals surface area contributed by atoms with E-state index < -0.39 is 23.8 Å². The highest BCUT2D eigenvalue weighted by atomic mass is 19.4. The molecule has 0 spiro atoms. The lowest BCUT2D eigenvalue weighted by Gasteiger charge is -2.30. The van der Waals surface area contributed by atoms with Crippen LogP contribution in [0.4, 0.5) is 22.4 Å². The van der Waals surface area contributed by atoms with Crippen molar-refractivity contribution < 1.29 is 27.1 Å². The van der Waals surface area contributed by atoms with Crippen molar-refractivity contribution >= 4 is 6.09 Å². The van der Waals surface area contributed by atoms with E-state index in [1.165, 1.54) is 18.3 Å². The summed E-state index contributed by atoms with van der Waals surface area (Å²) in [5.41, 5.74) is 1.48. The van der Waals surface area contributed by atoms with E-state index in [2.05, 4.69) is 15.0 Å². The number of piperidine rings is 1. The molecule has 4 aromatic rings. The first kappa shape index (κ1) is 25.4. The summed E-state index contributed by atoms with van der Waals surface area (Å²) >= 11 is 0. The van der Waals surface area contributed by atoms with Crippen LogP contribution in [0, 0.1) is 5.95 Å². The number of benzene rings is 2. The second kappa shape index (κ2) is 10.6. The lowest BCUT2D eigenvalue weighted by Crippen LogP contribution is -2.38. The molecule has 1 aliphatic rings. The number of pyridine rings is 1. The molecule has 1 fully saturated rings. The minimum atomic E-state index is -4.51. The van der Waals surface area contributed by atoms with Crippen LogP contribution in [-0.2, 0) is 17.5 Å². The van der Waals surface area contributed by atoms with Crippen LogP contribution in [-0.4, -0.2) is 39.0 Å². The molecular weight excluding hydrogens is 500 g/mol. The minimum absolute atomic E-state index is 0.0712. The van der Waals surface area contributed by atoms with E-state index in [0.717, 1.165) is 17.7 Å². The number of rotatable bonds is 5. The first-order chi connectivity index (χ1) is 18.3. The Morgan fingerprint density at radius 2 is 1.76 bits per heavy atom. The normalized spacial score (nSPS) is 14.5. The van der Waals surface area contributed by atoms with Crippen LogP contribution >= 0.6 is 0 Å². The van der Waals surface area contributed by atoms with Gasteiger partial charge in [-0.25, -0.2) is 14.8 Å². The van der Waals surface area contributed by atoms with E-state index in [4.69, 9.17) is 4.74 Å². The Kier molecular flexibility index (Phi) is 7.13. The number of likely N-dealkylation sites (tertiary alicyclic amines) is 1. The average molecular weight is 525 g/mol. The number of ether oxygens (including phenoxy) is 1. The zero-order valence-corrected chi connectivity index (χ0v) is 20.2. The zero-order chi connectivity index (χ0) is 26.7. The fraction of sp³-hybridized carbons (Fsp3) is 0.250. The van der Waals surface area contributed by atoms with Gasteiger partial charge in [-0.15, -0.1) is 0 Å². The highest BCUT2D eigenvalue weighted by Gasteiger charge is 2.32. The Morgan fingerprint density at radius 3 is 2.47 bits per heavy atom. The molecule has 6 nitrogen and oxygen atoms in total. The summed E-state index contributed by atoms with van der Waals surface area (Å²) in [5.74, 6) is -0.212. The smallest absolute Gasteiger partial charge is 0.416 e. The van der Waals surface area contributed by atoms with Gasteiger partial charge in [-0.1, -0.05) is 42.5 Å². The van der Waals surface area contributed by atoms with Gasteiger partial charge in [-0.2, -0.15) is 17.6 Å². The summed E-state index contributed by atoms with van der Waals surface area (Å²) in [6.07, 6.45) is -2.45. The maximum atomic E-state index is 13.9. The van der Waals surface area contributed by atoms with Crippen LogP contribution < -0.4 is 0 Å². The van der Waals surface area contributed by atoms with E-state index in [9.17, 15) is 22.4 Å². The average Bonchev–Trinajstić information content (AvgIpc) is 3.38. The molecule has 0 unspecified atom stereocenters. The van der Waals surface area contributed by atoms with Crippen LogP contribution in [0.2, 0.25) is 0 Å². The molecular formula is C28H24F4N4O2. The molecule has 2 aromatic carbocycles. The van der Waals surface area contributed by atoms with Gasteiger partial charge in [0, 0.05) is 42.4 Å². The lowest BCUT2D eigenvalue weighted by molar-refractivity contribution is -0.137. The number of halogens is 4. The van der Waals surface area contributed by atoms with Crippen LogP contribution in [0.5, 0.6) is 0 Å². The van der Waals surface area contributed by atoms with Crippen molar-refractivity contribution in [2.45, 2.75) is 31.5 Å². The van der Waals surface area contributed by atoms with Crippen molar-refractivity contribution in [3.8, 4) is 22.5 Å². The summed E-state index contributed by atoms with van der Waals surface area (Å²) in [6.45, 7) is 1.07. The van der Waals surface area contributed by atoms with E-state index in [-0.39, 0.29) is 18.1 Å². The number of aromatic nitrogens is 3. The third kappa shape index (κ3) is 5.69. The molecule has 1 N–H and O–H groups in total. The number of imidazole rings is 1. The third-order valence-corrected chi connectivity index (χ3v) is 6.55. The molecule has 5 rings (SSSR count). The van der Waals surface area contributed by atoms with Gasteiger partial charge in [-0.3, -0.25) is 0 Å². The van der Waals surface area contributed by atoms with Gasteiger partial charge in [0.05, 0.1) is 17.0 Å². The van der Waals surface area contributed by atoms with Crippen molar-refractivity contribution in [3.05, 3.63) is 95.8 Å². The van der Waals surface area contributed by atoms with Crippen LogP contribution in [0.3, 0.4) is 0 Å². The van der Waals surface area contributed by atoms with E-state index in [1.807, 2.05) is 30.3 Å². The number of aromatic amines is 1. The molecule has 0 saturated carbocycles. The molecule has 196 valence electrons. The van der Waals surface area contributed by atoms with Gasteiger partial charge in [0.25, 0.3) is 0 Å².